The number of benzene rings is 1. The molecule has 1 aromatic rings. The van der Waals surface area contributed by atoms with Crippen LogP contribution in [0.25, 0.3) is 0 Å². The van der Waals surface area contributed by atoms with Crippen LogP contribution in [0.5, 0.6) is 0 Å². The van der Waals surface area contributed by atoms with Crippen LogP contribution in [0.15, 0.2) is 24.3 Å². The van der Waals surface area contributed by atoms with Crippen LogP contribution in [-0.4, -0.2) is 47.4 Å². The van der Waals surface area contributed by atoms with E-state index in [4.69, 9.17) is 16.3 Å². The van der Waals surface area contributed by atoms with Gasteiger partial charge in [0.25, 0.3) is 11.8 Å². The van der Waals surface area contributed by atoms with Crippen molar-refractivity contribution in [3.05, 3.63) is 34.9 Å². The average Bonchev–Trinajstić information content (AvgIpc) is 3.02. The van der Waals surface area contributed by atoms with Gasteiger partial charge in [-0.3, -0.25) is 19.3 Å². The van der Waals surface area contributed by atoms with E-state index in [1.54, 1.807) is 31.2 Å². The van der Waals surface area contributed by atoms with Gasteiger partial charge >= 0.3 is 12.0 Å². The van der Waals surface area contributed by atoms with E-state index in [1.165, 1.54) is 0 Å². The molecule has 2 N–H and O–H groups in total. The molecule has 186 valence electrons. The number of ether oxygens (including phenoxy) is 1. The van der Waals surface area contributed by atoms with Crippen LogP contribution in [0.1, 0.15) is 71.4 Å². The summed E-state index contributed by atoms with van der Waals surface area (Å²) in [5.41, 5.74) is 0.0941. The second kappa shape index (κ2) is 10.3. The number of amides is 4. The average molecular weight is 492 g/mol. The minimum absolute atomic E-state index is 0.183. The normalized spacial score (nSPS) is 23.6. The molecule has 2 fully saturated rings. The van der Waals surface area contributed by atoms with Crippen molar-refractivity contribution in [1.82, 2.24) is 15.5 Å². The van der Waals surface area contributed by atoms with Gasteiger partial charge in [-0.2, -0.15) is 0 Å². The Morgan fingerprint density at radius 2 is 1.85 bits per heavy atom. The Bertz CT molecular complexity index is 938. The maximum Gasteiger partial charge on any atom is 0.326 e. The van der Waals surface area contributed by atoms with Crippen molar-refractivity contribution in [2.75, 3.05) is 13.2 Å². The highest BCUT2D eigenvalue weighted by atomic mass is 35.5. The number of nitrogens with zero attached hydrogens (tertiary/aromatic N) is 1. The van der Waals surface area contributed by atoms with E-state index in [-0.39, 0.29) is 17.4 Å². The number of imide groups is 1. The molecule has 2 aliphatic rings. The minimum atomic E-state index is -0.941. The summed E-state index contributed by atoms with van der Waals surface area (Å²) in [7, 11) is 0. The fourth-order valence-corrected chi connectivity index (χ4v) is 4.90. The molecule has 3 rings (SSSR count). The maximum atomic E-state index is 13.1. The molecule has 1 aromatic carbocycles. The number of urea groups is 1. The van der Waals surface area contributed by atoms with Crippen molar-refractivity contribution in [1.29, 1.82) is 0 Å². The lowest BCUT2D eigenvalue weighted by Crippen LogP contribution is -2.51. The van der Waals surface area contributed by atoms with Crippen molar-refractivity contribution in [2.45, 2.75) is 71.4 Å². The Hall–Kier alpha value is -2.61. The molecule has 34 heavy (non-hydrogen) atoms. The van der Waals surface area contributed by atoms with Crippen LogP contribution in [-0.2, 0) is 19.1 Å². The fraction of sp³-hybridized carbons (Fsp3) is 0.600. The number of rotatable bonds is 8. The van der Waals surface area contributed by atoms with Crippen molar-refractivity contribution < 1.29 is 23.9 Å². The lowest BCUT2D eigenvalue weighted by Gasteiger charge is -2.42. The number of esters is 1. The van der Waals surface area contributed by atoms with Crippen molar-refractivity contribution in [2.24, 2.45) is 11.3 Å². The van der Waals surface area contributed by atoms with E-state index in [9.17, 15) is 19.2 Å². The van der Waals surface area contributed by atoms with Crippen LogP contribution < -0.4 is 10.6 Å². The van der Waals surface area contributed by atoms with E-state index in [1.807, 2.05) is 0 Å². The Morgan fingerprint density at radius 1 is 1.24 bits per heavy atom. The van der Waals surface area contributed by atoms with Gasteiger partial charge in [-0.05, 0) is 61.6 Å². The van der Waals surface area contributed by atoms with Gasteiger partial charge in [-0.15, -0.1) is 0 Å². The summed E-state index contributed by atoms with van der Waals surface area (Å²) in [5.74, 6) is -1.19. The summed E-state index contributed by atoms with van der Waals surface area (Å²) in [6.45, 7) is 7.42. The first-order valence-electron chi connectivity index (χ1n) is 11.8. The molecule has 0 radical (unpaired) electrons. The second-order valence-corrected chi connectivity index (χ2v) is 10.5. The summed E-state index contributed by atoms with van der Waals surface area (Å²) < 4.78 is 5.02. The molecule has 1 saturated carbocycles. The van der Waals surface area contributed by atoms with Gasteiger partial charge in [0.05, 0.1) is 6.04 Å². The van der Waals surface area contributed by atoms with Gasteiger partial charge in [0.1, 0.15) is 12.1 Å². The highest BCUT2D eigenvalue weighted by Gasteiger charge is 2.53. The highest BCUT2D eigenvalue weighted by molar-refractivity contribution is 6.30. The zero-order valence-corrected chi connectivity index (χ0v) is 21.0. The van der Waals surface area contributed by atoms with Crippen molar-refractivity contribution >= 4 is 35.4 Å². The third-order valence-electron chi connectivity index (χ3n) is 7.50. The molecule has 1 saturated heterocycles. The molecule has 0 aromatic heterocycles. The van der Waals surface area contributed by atoms with E-state index in [0.717, 1.165) is 29.7 Å². The zero-order valence-electron chi connectivity index (χ0n) is 20.3. The molecule has 4 amide bonds. The lowest BCUT2D eigenvalue weighted by molar-refractivity contribution is -0.151. The second-order valence-electron chi connectivity index (χ2n) is 10.0. The largest absolute Gasteiger partial charge is 0.454 e. The Balaban J connectivity index is 1.48. The number of halogens is 1. The van der Waals surface area contributed by atoms with E-state index in [0.29, 0.717) is 23.8 Å². The first kappa shape index (κ1) is 26.0. The smallest absolute Gasteiger partial charge is 0.326 e. The maximum absolute atomic E-state index is 13.1. The Morgan fingerprint density at radius 3 is 2.44 bits per heavy atom. The first-order valence-corrected chi connectivity index (χ1v) is 12.2. The number of carbonyl (C=O) groups excluding carboxylic acids is 4. The third-order valence-corrected chi connectivity index (χ3v) is 7.75. The topological polar surface area (TPSA) is 105 Å². The van der Waals surface area contributed by atoms with Gasteiger partial charge in [-0.25, -0.2) is 4.79 Å². The molecular weight excluding hydrogens is 458 g/mol. The quantitative estimate of drug-likeness (QED) is 0.422. The van der Waals surface area contributed by atoms with Gasteiger partial charge < -0.3 is 15.4 Å². The summed E-state index contributed by atoms with van der Waals surface area (Å²) >= 11 is 5.87. The molecule has 1 heterocycles. The van der Waals surface area contributed by atoms with Gasteiger partial charge in [0, 0.05) is 5.02 Å². The predicted octanol–water partition coefficient (Wildman–Crippen LogP) is 3.98. The molecular formula is C25H34ClN3O5. The van der Waals surface area contributed by atoms with Crippen molar-refractivity contribution in [3.8, 4) is 0 Å². The van der Waals surface area contributed by atoms with E-state index < -0.39 is 36.6 Å². The standard InChI is InChI=1S/C25H34ClN3O5/c1-5-24(3,4)18-10-12-25(13-11-18)22(32)29(23(33)28-25)14-21(31)34-15-20(30)27-16(2)17-6-8-19(26)9-7-17/h6-9,16,18H,5,10-15H2,1-4H3,(H,27,30)(H,28,33). The molecule has 1 unspecified atom stereocenters. The van der Waals surface area contributed by atoms with Gasteiger partial charge in [0.2, 0.25) is 0 Å². The monoisotopic (exact) mass is 491 g/mol. The fourth-order valence-electron chi connectivity index (χ4n) is 4.78. The summed E-state index contributed by atoms with van der Waals surface area (Å²) in [5, 5.41) is 6.14. The first-order chi connectivity index (χ1) is 16.0. The van der Waals surface area contributed by atoms with Crippen LogP contribution in [0.2, 0.25) is 5.02 Å². The van der Waals surface area contributed by atoms with Gasteiger partial charge in [-0.1, -0.05) is 50.9 Å². The van der Waals surface area contributed by atoms with E-state index >= 15 is 0 Å². The number of nitrogens with one attached hydrogen (secondary N) is 2. The summed E-state index contributed by atoms with van der Waals surface area (Å²) in [4.78, 5) is 50.9. The molecule has 1 spiro atoms. The SMILES string of the molecule is CCC(C)(C)C1CCC2(CC1)NC(=O)N(CC(=O)OCC(=O)NC(C)c1ccc(Cl)cc1)C2=O. The van der Waals surface area contributed by atoms with Crippen molar-refractivity contribution in [3.63, 3.8) is 0 Å². The van der Waals surface area contributed by atoms with E-state index in [2.05, 4.69) is 31.4 Å². The molecule has 8 nitrogen and oxygen atoms in total. The number of hydrogen-bond acceptors (Lipinski definition) is 5. The Labute approximate surface area is 205 Å². The molecule has 1 aliphatic heterocycles. The highest BCUT2D eigenvalue weighted by Crippen LogP contribution is 2.45. The van der Waals surface area contributed by atoms with Crippen LogP contribution in [0, 0.1) is 11.3 Å². The number of carbonyl (C=O) groups is 4. The third kappa shape index (κ3) is 5.71. The van der Waals surface area contributed by atoms with Crippen LogP contribution >= 0.6 is 11.6 Å². The zero-order chi connectivity index (χ0) is 25.1. The summed E-state index contributed by atoms with van der Waals surface area (Å²) in [6.07, 6.45) is 3.85. The molecule has 0 bridgehead atoms. The summed E-state index contributed by atoms with van der Waals surface area (Å²) in [6, 6.07) is 6.15. The predicted molar refractivity (Wildman–Crippen MR) is 128 cm³/mol. The van der Waals surface area contributed by atoms with Crippen LogP contribution in [0.3, 0.4) is 0 Å². The van der Waals surface area contributed by atoms with Crippen LogP contribution in [0.4, 0.5) is 4.79 Å². The molecule has 1 aliphatic carbocycles. The minimum Gasteiger partial charge on any atom is -0.454 e. The lowest BCUT2D eigenvalue weighted by atomic mass is 9.65. The molecule has 9 heteroatoms. The van der Waals surface area contributed by atoms with Gasteiger partial charge in [0.15, 0.2) is 6.61 Å². The Kier molecular flexibility index (Phi) is 7.91. The molecule has 1 atom stereocenters. The number of hydrogen-bond donors (Lipinski definition) is 2.